The van der Waals surface area contributed by atoms with E-state index in [4.69, 9.17) is 46.7 Å². The molecule has 3 aromatic carbocycles. The number of para-hydroxylation sites is 1. The van der Waals surface area contributed by atoms with Crippen LogP contribution in [0.3, 0.4) is 0 Å². The van der Waals surface area contributed by atoms with E-state index in [1.54, 1.807) is 13.8 Å². The first kappa shape index (κ1) is 33.3. The Hall–Kier alpha value is -5.30. The Morgan fingerprint density at radius 3 is 2.59 bits per heavy atom. The predicted molar refractivity (Wildman–Crippen MR) is 201 cm³/mol. The van der Waals surface area contributed by atoms with Crippen molar-refractivity contribution in [3.05, 3.63) is 93.2 Å². The number of oxazole rings is 2. The second-order valence-electron chi connectivity index (χ2n) is 15.1. The van der Waals surface area contributed by atoms with Gasteiger partial charge in [0.05, 0.1) is 5.56 Å². The second kappa shape index (κ2) is 11.6. The number of nitrogens with one attached hydrogen (secondary N) is 4. The van der Waals surface area contributed by atoms with Gasteiger partial charge in [-0.15, -0.1) is 0 Å². The van der Waals surface area contributed by atoms with Gasteiger partial charge in [-0.05, 0) is 35.1 Å². The van der Waals surface area contributed by atoms with Crippen molar-refractivity contribution in [2.45, 2.75) is 63.9 Å². The molecule has 0 saturated heterocycles. The van der Waals surface area contributed by atoms with E-state index >= 15 is 0 Å². The Balaban J connectivity index is 1.30. The minimum Gasteiger partial charge on any atom is -0.469 e. The summed E-state index contributed by atoms with van der Waals surface area (Å²) in [6, 6.07) is 16.0. The fourth-order valence-electron chi connectivity index (χ4n) is 8.52. The van der Waals surface area contributed by atoms with Crippen molar-refractivity contribution < 1.29 is 28.3 Å². The standard InChI is InChI=1S/C40H34Cl2N6O6/c1-15(2)27-37-46-29-32(54-37)40-20-9-5-8-19(18-7-6-10-22-25(18)26(33(41)43-22)31-34(42)48-38(29)53-31)28(20)47-39(40)52-24-12-11-17(13-21(24)40)14-23(35(50)45-27)44-36(51)30(49)16(3)4/h5-13,15-16,23,27,30,39,43,47,49H,14H2,1-4H3,(H,44,51)(H,45,50)/t23-,27-,30?,39?,40?/m0/s1. The molecule has 12 nitrogen and oxygen atoms in total. The number of aromatic nitrogens is 3. The van der Waals surface area contributed by atoms with Gasteiger partial charge in [0.1, 0.15) is 34.5 Å². The van der Waals surface area contributed by atoms with Crippen LogP contribution in [-0.4, -0.2) is 50.2 Å². The highest BCUT2D eigenvalue weighted by atomic mass is 35.5. The number of carbonyl (C=O) groups is 2. The zero-order chi connectivity index (χ0) is 37.4. The molecule has 4 aliphatic heterocycles. The monoisotopic (exact) mass is 764 g/mol. The van der Waals surface area contributed by atoms with E-state index in [9.17, 15) is 14.7 Å². The third kappa shape index (κ3) is 4.47. The van der Waals surface area contributed by atoms with Gasteiger partial charge in [0.25, 0.3) is 5.89 Å². The van der Waals surface area contributed by atoms with Gasteiger partial charge in [0.15, 0.2) is 28.6 Å². The average molecular weight is 766 g/mol. The summed E-state index contributed by atoms with van der Waals surface area (Å²) in [7, 11) is 0. The van der Waals surface area contributed by atoms with Gasteiger partial charge in [-0.1, -0.05) is 93.4 Å². The summed E-state index contributed by atoms with van der Waals surface area (Å²) in [4.78, 5) is 40.5. The van der Waals surface area contributed by atoms with Crippen molar-refractivity contribution in [3.63, 3.8) is 0 Å². The first-order valence-corrected chi connectivity index (χ1v) is 18.7. The van der Waals surface area contributed by atoms with Crippen LogP contribution in [-0.2, 0) is 21.4 Å². The Kier molecular flexibility index (Phi) is 7.15. The molecule has 54 heavy (non-hydrogen) atoms. The molecule has 6 aromatic rings. The molecular formula is C40H34Cl2N6O6. The first-order valence-electron chi connectivity index (χ1n) is 17.9. The van der Waals surface area contributed by atoms with E-state index in [-0.39, 0.29) is 46.6 Å². The van der Waals surface area contributed by atoms with Crippen LogP contribution >= 0.6 is 23.2 Å². The third-order valence-electron chi connectivity index (χ3n) is 11.2. The molecule has 10 rings (SSSR count). The van der Waals surface area contributed by atoms with Crippen molar-refractivity contribution in [2.24, 2.45) is 11.8 Å². The number of rotatable bonds is 4. The lowest BCUT2D eigenvalue weighted by Crippen LogP contribution is -2.52. The number of hydrogen-bond donors (Lipinski definition) is 5. The molecule has 14 heteroatoms. The highest BCUT2D eigenvalue weighted by Crippen LogP contribution is 2.62. The minimum atomic E-state index is -1.30. The predicted octanol–water partition coefficient (Wildman–Crippen LogP) is 7.11. The first-order chi connectivity index (χ1) is 25.9. The molecule has 7 heterocycles. The van der Waals surface area contributed by atoms with Crippen LogP contribution in [0.25, 0.3) is 44.9 Å². The lowest BCUT2D eigenvalue weighted by molar-refractivity contribution is -0.135. The van der Waals surface area contributed by atoms with Gasteiger partial charge >= 0.3 is 0 Å². The number of amides is 2. The molecule has 5 atom stereocenters. The van der Waals surface area contributed by atoms with Gasteiger partial charge in [-0.2, -0.15) is 4.98 Å². The van der Waals surface area contributed by atoms with E-state index in [0.717, 1.165) is 44.4 Å². The fraction of sp³-hybridized carbons (Fsp3) is 0.300. The summed E-state index contributed by atoms with van der Waals surface area (Å²) in [6.07, 6.45) is -1.87. The maximum atomic E-state index is 14.2. The third-order valence-corrected chi connectivity index (χ3v) is 11.7. The zero-order valence-electron chi connectivity index (χ0n) is 29.5. The van der Waals surface area contributed by atoms with E-state index in [1.807, 2.05) is 62.4 Å². The van der Waals surface area contributed by atoms with Crippen molar-refractivity contribution in [3.8, 4) is 39.8 Å². The summed E-state index contributed by atoms with van der Waals surface area (Å²) in [5.74, 6) is -0.0970. The van der Waals surface area contributed by atoms with Crippen molar-refractivity contribution in [1.29, 1.82) is 0 Å². The molecule has 0 aliphatic carbocycles. The Morgan fingerprint density at radius 1 is 1.00 bits per heavy atom. The van der Waals surface area contributed by atoms with Gasteiger partial charge < -0.3 is 39.6 Å². The lowest BCUT2D eigenvalue weighted by atomic mass is 9.72. The molecule has 274 valence electrons. The molecule has 2 amide bonds. The van der Waals surface area contributed by atoms with Crippen LogP contribution in [0.1, 0.15) is 62.1 Å². The number of halogens is 2. The molecule has 5 N–H and O–H groups in total. The number of carbonyl (C=O) groups excluding carboxylic acids is 2. The number of benzene rings is 3. The topological polar surface area (TPSA) is 168 Å². The van der Waals surface area contributed by atoms with Crippen LogP contribution in [0.5, 0.6) is 5.75 Å². The van der Waals surface area contributed by atoms with Crippen LogP contribution in [0.2, 0.25) is 10.3 Å². The summed E-state index contributed by atoms with van der Waals surface area (Å²) in [5.41, 5.74) is 5.49. The Labute approximate surface area is 318 Å². The summed E-state index contributed by atoms with van der Waals surface area (Å²) in [6.45, 7) is 7.36. The molecule has 4 aliphatic rings. The maximum absolute atomic E-state index is 14.2. The highest BCUT2D eigenvalue weighted by molar-refractivity contribution is 6.37. The van der Waals surface area contributed by atoms with E-state index in [2.05, 4.69) is 27.0 Å². The van der Waals surface area contributed by atoms with Gasteiger partial charge in [-0.25, -0.2) is 4.98 Å². The number of H-pyrrole nitrogens is 1. The largest absolute Gasteiger partial charge is 0.469 e. The number of aromatic amines is 1. The van der Waals surface area contributed by atoms with Crippen molar-refractivity contribution >= 4 is 51.6 Å². The number of aliphatic hydroxyl groups is 1. The number of nitrogens with zero attached hydrogens (tertiary/aromatic N) is 2. The SMILES string of the molecule is CC(C)C(O)C(=O)N[C@H]1Cc2ccc3c(c2)C24c5cccc(c5NC2O3)-c2cccc3[nH]c(Cl)c(c23)-c2oc(nc2Cl)-c2nc(oc24)[C@H](C(C)C)NC1=O. The van der Waals surface area contributed by atoms with Gasteiger partial charge in [0.2, 0.25) is 17.7 Å². The molecule has 1 spiro atoms. The van der Waals surface area contributed by atoms with Crippen LogP contribution in [0, 0.1) is 11.8 Å². The van der Waals surface area contributed by atoms with Crippen LogP contribution in [0.4, 0.5) is 5.69 Å². The van der Waals surface area contributed by atoms with Gasteiger partial charge in [-0.3, -0.25) is 9.59 Å². The molecule has 10 bridgehead atoms. The molecule has 0 fully saturated rings. The number of aliphatic hydroxyl groups excluding tert-OH is 1. The minimum absolute atomic E-state index is 0.0872. The second-order valence-corrected chi connectivity index (χ2v) is 15.8. The molecule has 0 radical (unpaired) electrons. The summed E-state index contributed by atoms with van der Waals surface area (Å²) >= 11 is 13.9. The lowest BCUT2D eigenvalue weighted by Gasteiger charge is -2.29. The molecule has 3 aromatic heterocycles. The fourth-order valence-corrected chi connectivity index (χ4v) is 9.01. The quantitative estimate of drug-likeness (QED) is 0.126. The zero-order valence-corrected chi connectivity index (χ0v) is 31.0. The summed E-state index contributed by atoms with van der Waals surface area (Å²) in [5, 5.41) is 21.5. The average Bonchev–Trinajstić information content (AvgIpc) is 3.94. The Bertz CT molecular complexity index is 2590. The number of hydrogen-bond acceptors (Lipinski definition) is 9. The maximum Gasteiger partial charge on any atom is 0.250 e. The Morgan fingerprint density at radius 2 is 1.80 bits per heavy atom. The van der Waals surface area contributed by atoms with Crippen molar-refractivity contribution in [1.82, 2.24) is 25.6 Å². The van der Waals surface area contributed by atoms with E-state index in [0.29, 0.717) is 22.2 Å². The molecule has 0 saturated carbocycles. The van der Waals surface area contributed by atoms with E-state index in [1.165, 1.54) is 0 Å². The molecule has 3 unspecified atom stereocenters. The number of ether oxygens (including phenoxy) is 1. The van der Waals surface area contributed by atoms with Crippen LogP contribution < -0.4 is 20.7 Å². The molecular weight excluding hydrogens is 731 g/mol. The summed E-state index contributed by atoms with van der Waals surface area (Å²) < 4.78 is 20.4. The number of anilines is 1. The normalized spacial score (nSPS) is 22.2. The van der Waals surface area contributed by atoms with Crippen LogP contribution in [0.15, 0.2) is 63.4 Å². The smallest absolute Gasteiger partial charge is 0.250 e. The van der Waals surface area contributed by atoms with E-state index < -0.39 is 41.6 Å². The van der Waals surface area contributed by atoms with Gasteiger partial charge in [0, 0.05) is 39.7 Å². The highest BCUT2D eigenvalue weighted by Gasteiger charge is 2.61. The van der Waals surface area contributed by atoms with Crippen molar-refractivity contribution in [2.75, 3.05) is 5.32 Å². The number of fused-ring (bicyclic) bond motifs is 7.